The minimum atomic E-state index is -1.09. The molecule has 0 saturated heterocycles. The molecule has 7 heteroatoms. The van der Waals surface area contributed by atoms with Crippen molar-refractivity contribution in [2.75, 3.05) is 5.32 Å². The summed E-state index contributed by atoms with van der Waals surface area (Å²) in [6.07, 6.45) is 1.45. The van der Waals surface area contributed by atoms with Crippen molar-refractivity contribution in [1.82, 2.24) is 4.98 Å². The van der Waals surface area contributed by atoms with Gasteiger partial charge in [-0.15, -0.1) is 11.3 Å². The molecule has 0 aromatic carbocycles. The van der Waals surface area contributed by atoms with Crippen LogP contribution in [0.15, 0.2) is 18.3 Å². The van der Waals surface area contributed by atoms with Crippen LogP contribution in [0.3, 0.4) is 0 Å². The number of carbonyl (C=O) groups excluding carboxylic acids is 1. The first-order valence-corrected chi connectivity index (χ1v) is 6.16. The minimum Gasteiger partial charge on any atom is -0.478 e. The first-order valence-electron chi connectivity index (χ1n) is 4.97. The van der Waals surface area contributed by atoms with E-state index in [9.17, 15) is 9.59 Å². The van der Waals surface area contributed by atoms with Crippen molar-refractivity contribution in [3.63, 3.8) is 0 Å². The van der Waals surface area contributed by atoms with Crippen LogP contribution in [-0.2, 0) is 0 Å². The molecule has 0 fully saturated rings. The van der Waals surface area contributed by atoms with Gasteiger partial charge in [0.15, 0.2) is 0 Å². The first-order chi connectivity index (χ1) is 8.49. The molecule has 0 atom stereocenters. The smallest absolute Gasteiger partial charge is 0.339 e. The number of aromatic nitrogens is 1. The summed E-state index contributed by atoms with van der Waals surface area (Å²) >= 11 is 6.86. The highest BCUT2D eigenvalue weighted by atomic mass is 35.5. The Bertz CT molecular complexity index is 618. The van der Waals surface area contributed by atoms with Crippen LogP contribution in [0.25, 0.3) is 0 Å². The summed E-state index contributed by atoms with van der Waals surface area (Å²) in [6.45, 7) is 1.63. The van der Waals surface area contributed by atoms with E-state index in [1.807, 2.05) is 0 Å². The number of carbonyl (C=O) groups is 2. The zero-order valence-corrected chi connectivity index (χ0v) is 10.9. The number of amides is 1. The second-order valence-corrected chi connectivity index (χ2v) is 5.28. The maximum atomic E-state index is 11.8. The number of aryl methyl sites for hydroxylation is 1. The van der Waals surface area contributed by atoms with Gasteiger partial charge in [-0.1, -0.05) is 11.6 Å². The number of hydrogen-bond acceptors (Lipinski definition) is 3. The molecule has 0 aliphatic rings. The van der Waals surface area contributed by atoms with E-state index in [4.69, 9.17) is 16.7 Å². The van der Waals surface area contributed by atoms with Crippen LogP contribution in [0.1, 0.15) is 25.7 Å². The van der Waals surface area contributed by atoms with Gasteiger partial charge in [0.25, 0.3) is 5.91 Å². The number of hydrogen-bond donors (Lipinski definition) is 3. The lowest BCUT2D eigenvalue weighted by atomic mass is 10.2. The molecule has 0 spiro atoms. The van der Waals surface area contributed by atoms with Crippen molar-refractivity contribution in [2.24, 2.45) is 0 Å². The summed E-state index contributed by atoms with van der Waals surface area (Å²) in [7, 11) is 0. The molecule has 0 aliphatic heterocycles. The summed E-state index contributed by atoms with van der Waals surface area (Å²) < 4.78 is 0.504. The van der Waals surface area contributed by atoms with Crippen LogP contribution in [-0.4, -0.2) is 22.0 Å². The summed E-state index contributed by atoms with van der Waals surface area (Å²) in [6, 6.07) is 3.20. The Hall–Kier alpha value is -1.79. The van der Waals surface area contributed by atoms with Crippen molar-refractivity contribution in [3.05, 3.63) is 38.8 Å². The fourth-order valence-electron chi connectivity index (χ4n) is 1.52. The summed E-state index contributed by atoms with van der Waals surface area (Å²) in [4.78, 5) is 26.1. The lowest BCUT2D eigenvalue weighted by Gasteiger charge is -2.02. The third-order valence-electron chi connectivity index (χ3n) is 2.34. The summed E-state index contributed by atoms with van der Waals surface area (Å²) in [5, 5.41) is 11.6. The molecule has 2 aromatic rings. The van der Waals surface area contributed by atoms with Gasteiger partial charge in [-0.25, -0.2) is 4.79 Å². The number of carboxylic acids is 1. The number of halogens is 1. The average Bonchev–Trinajstić information content (AvgIpc) is 2.85. The molecule has 0 unspecified atom stereocenters. The molecule has 0 aliphatic carbocycles. The molecule has 18 heavy (non-hydrogen) atoms. The van der Waals surface area contributed by atoms with Gasteiger partial charge in [0.1, 0.15) is 5.56 Å². The maximum Gasteiger partial charge on any atom is 0.339 e. The van der Waals surface area contributed by atoms with Gasteiger partial charge in [-0.05, 0) is 19.1 Å². The Labute approximate surface area is 111 Å². The van der Waals surface area contributed by atoms with Gasteiger partial charge in [-0.2, -0.15) is 0 Å². The number of aromatic amines is 1. The molecule has 3 N–H and O–H groups in total. The number of nitrogens with one attached hydrogen (secondary N) is 2. The molecule has 2 aromatic heterocycles. The Kier molecular flexibility index (Phi) is 3.40. The maximum absolute atomic E-state index is 11.8. The van der Waals surface area contributed by atoms with E-state index in [1.165, 1.54) is 6.20 Å². The molecular formula is C11H9ClN2O3S. The van der Waals surface area contributed by atoms with E-state index >= 15 is 0 Å². The zero-order valence-electron chi connectivity index (χ0n) is 9.28. The highest BCUT2D eigenvalue weighted by Crippen LogP contribution is 2.24. The third kappa shape index (κ3) is 2.39. The summed E-state index contributed by atoms with van der Waals surface area (Å²) in [5.41, 5.74) is 0.794. The Morgan fingerprint density at radius 2 is 2.17 bits per heavy atom. The topological polar surface area (TPSA) is 82.2 Å². The predicted molar refractivity (Wildman–Crippen MR) is 69.8 cm³/mol. The second kappa shape index (κ2) is 4.83. The van der Waals surface area contributed by atoms with Gasteiger partial charge >= 0.3 is 5.97 Å². The number of anilines is 1. The molecule has 0 saturated carbocycles. The van der Waals surface area contributed by atoms with Gasteiger partial charge in [-0.3, -0.25) is 4.79 Å². The third-order valence-corrected chi connectivity index (χ3v) is 3.57. The molecule has 2 heterocycles. The summed E-state index contributed by atoms with van der Waals surface area (Å²) in [5.74, 6) is -1.47. The fraction of sp³-hybridized carbons (Fsp3) is 0.0909. The van der Waals surface area contributed by atoms with Crippen LogP contribution in [0.5, 0.6) is 0 Å². The van der Waals surface area contributed by atoms with Crippen LogP contribution >= 0.6 is 22.9 Å². The highest BCUT2D eigenvalue weighted by Gasteiger charge is 2.18. The number of H-pyrrole nitrogens is 1. The average molecular weight is 285 g/mol. The molecule has 0 radical (unpaired) electrons. The van der Waals surface area contributed by atoms with E-state index in [2.05, 4.69) is 10.3 Å². The number of aromatic carboxylic acids is 1. The van der Waals surface area contributed by atoms with Crippen molar-refractivity contribution < 1.29 is 14.7 Å². The van der Waals surface area contributed by atoms with E-state index in [0.717, 1.165) is 11.3 Å². The normalized spacial score (nSPS) is 10.3. The molecule has 0 bridgehead atoms. The second-order valence-electron chi connectivity index (χ2n) is 3.57. The largest absolute Gasteiger partial charge is 0.478 e. The number of rotatable bonds is 3. The lowest BCUT2D eigenvalue weighted by molar-refractivity contribution is 0.0697. The molecule has 1 amide bonds. The molecule has 5 nitrogen and oxygen atoms in total. The van der Waals surface area contributed by atoms with Gasteiger partial charge in [0, 0.05) is 11.9 Å². The number of thiophene rings is 1. The molecular weight excluding hydrogens is 276 g/mol. The Balaban J connectivity index is 2.25. The zero-order chi connectivity index (χ0) is 13.3. The van der Waals surface area contributed by atoms with E-state index in [1.54, 1.807) is 19.1 Å². The van der Waals surface area contributed by atoms with Crippen LogP contribution < -0.4 is 5.32 Å². The standard InChI is InChI=1S/C11H9ClN2O3S/c1-5-9(11(16)17)6(4-13-5)14-10(15)7-2-3-8(12)18-7/h2-4,13H,1H3,(H,14,15)(H,16,17). The van der Waals surface area contributed by atoms with Crippen molar-refractivity contribution >= 4 is 40.5 Å². The monoisotopic (exact) mass is 284 g/mol. The first kappa shape index (κ1) is 12.7. The highest BCUT2D eigenvalue weighted by molar-refractivity contribution is 7.18. The van der Waals surface area contributed by atoms with Crippen LogP contribution in [0.4, 0.5) is 5.69 Å². The van der Waals surface area contributed by atoms with Crippen molar-refractivity contribution in [3.8, 4) is 0 Å². The fourth-order valence-corrected chi connectivity index (χ4v) is 2.46. The van der Waals surface area contributed by atoms with E-state index in [-0.39, 0.29) is 17.2 Å². The SMILES string of the molecule is Cc1[nH]cc(NC(=O)c2ccc(Cl)s2)c1C(=O)O. The van der Waals surface area contributed by atoms with Crippen molar-refractivity contribution in [1.29, 1.82) is 0 Å². The van der Waals surface area contributed by atoms with E-state index < -0.39 is 5.97 Å². The van der Waals surface area contributed by atoms with E-state index in [0.29, 0.717) is 14.9 Å². The van der Waals surface area contributed by atoms with Crippen molar-refractivity contribution in [2.45, 2.75) is 6.92 Å². The minimum absolute atomic E-state index is 0.0611. The quantitative estimate of drug-likeness (QED) is 0.810. The lowest BCUT2D eigenvalue weighted by Crippen LogP contribution is -2.12. The van der Waals surface area contributed by atoms with Gasteiger partial charge < -0.3 is 15.4 Å². The van der Waals surface area contributed by atoms with Crippen LogP contribution in [0.2, 0.25) is 4.34 Å². The Morgan fingerprint density at radius 1 is 1.44 bits per heavy atom. The Morgan fingerprint density at radius 3 is 2.72 bits per heavy atom. The van der Waals surface area contributed by atoms with Gasteiger partial charge in [0.2, 0.25) is 0 Å². The van der Waals surface area contributed by atoms with Crippen LogP contribution in [0, 0.1) is 6.92 Å². The molecule has 2 rings (SSSR count). The molecule has 94 valence electrons. The number of carboxylic acid groups (broad SMARTS) is 1. The van der Waals surface area contributed by atoms with Gasteiger partial charge in [0.05, 0.1) is 14.9 Å². The predicted octanol–water partition coefficient (Wildman–Crippen LogP) is 2.99.